The van der Waals surface area contributed by atoms with Gasteiger partial charge in [-0.25, -0.2) is 0 Å². The van der Waals surface area contributed by atoms with E-state index in [0.29, 0.717) is 5.69 Å². The van der Waals surface area contributed by atoms with E-state index >= 15 is 0 Å². The fourth-order valence-electron chi connectivity index (χ4n) is 2.84. The molecule has 0 fully saturated rings. The molecule has 3 rings (SSSR count). The molecule has 0 aromatic heterocycles. The molecule has 132 valence electrons. The lowest BCUT2D eigenvalue weighted by molar-refractivity contribution is -0.116. The Balaban J connectivity index is 1.72. The minimum absolute atomic E-state index is 0.0867. The van der Waals surface area contributed by atoms with Crippen molar-refractivity contribution in [1.82, 2.24) is 4.90 Å². The molecule has 26 heavy (non-hydrogen) atoms. The summed E-state index contributed by atoms with van der Waals surface area (Å²) in [5.74, 6) is -0.796. The van der Waals surface area contributed by atoms with E-state index in [1.807, 2.05) is 49.4 Å². The van der Waals surface area contributed by atoms with Gasteiger partial charge in [0.1, 0.15) is 5.75 Å². The molecule has 5 nitrogen and oxygen atoms in total. The number of benzene rings is 3. The second-order valence-electron chi connectivity index (χ2n) is 6.26. The summed E-state index contributed by atoms with van der Waals surface area (Å²) in [6.07, 6.45) is 0. The van der Waals surface area contributed by atoms with E-state index in [1.165, 1.54) is 18.0 Å². The van der Waals surface area contributed by atoms with Crippen molar-refractivity contribution in [2.45, 2.75) is 6.92 Å². The number of phenolic OH excluding ortho intramolecular Hbond substituents is 1. The Morgan fingerprint density at radius 1 is 1.04 bits per heavy atom. The molecule has 3 aromatic carbocycles. The van der Waals surface area contributed by atoms with Gasteiger partial charge in [-0.05, 0) is 36.1 Å². The molecule has 5 heteroatoms. The molecule has 0 saturated carbocycles. The maximum Gasteiger partial charge on any atom is 0.257 e. The van der Waals surface area contributed by atoms with Gasteiger partial charge in [0.05, 0.1) is 12.1 Å². The quantitative estimate of drug-likeness (QED) is 0.757. The van der Waals surface area contributed by atoms with Gasteiger partial charge in [-0.1, -0.05) is 42.5 Å². The van der Waals surface area contributed by atoms with E-state index in [-0.39, 0.29) is 23.8 Å². The second kappa shape index (κ2) is 7.27. The number of nitrogens with one attached hydrogen (secondary N) is 1. The van der Waals surface area contributed by atoms with Crippen LogP contribution in [0.25, 0.3) is 10.8 Å². The zero-order chi connectivity index (χ0) is 18.7. The number of fused-ring (bicyclic) bond motifs is 1. The van der Waals surface area contributed by atoms with Gasteiger partial charge in [0, 0.05) is 18.1 Å². The van der Waals surface area contributed by atoms with E-state index in [4.69, 9.17) is 0 Å². The fraction of sp³-hybridized carbons (Fsp3) is 0.143. The monoisotopic (exact) mass is 348 g/mol. The number of amides is 2. The van der Waals surface area contributed by atoms with Crippen molar-refractivity contribution >= 4 is 28.3 Å². The summed E-state index contributed by atoms with van der Waals surface area (Å²) >= 11 is 0. The number of phenols is 1. The smallest absolute Gasteiger partial charge is 0.257 e. The van der Waals surface area contributed by atoms with Crippen LogP contribution >= 0.6 is 0 Å². The largest absolute Gasteiger partial charge is 0.507 e. The number of carbonyl (C=O) groups excluding carboxylic acids is 2. The summed E-state index contributed by atoms with van der Waals surface area (Å²) in [6, 6.07) is 18.3. The van der Waals surface area contributed by atoms with Crippen LogP contribution in [0, 0.1) is 6.92 Å². The Hall–Kier alpha value is -3.34. The normalized spacial score (nSPS) is 10.5. The van der Waals surface area contributed by atoms with Crippen LogP contribution in [0.1, 0.15) is 15.9 Å². The SMILES string of the molecule is Cc1ccc(C(=O)N(C)CC(=O)Nc2cccc3ccccc23)c(O)c1. The molecule has 0 aliphatic rings. The van der Waals surface area contributed by atoms with Gasteiger partial charge >= 0.3 is 0 Å². The molecule has 0 aliphatic carbocycles. The highest BCUT2D eigenvalue weighted by Crippen LogP contribution is 2.23. The third-order valence-electron chi connectivity index (χ3n) is 4.17. The standard InChI is InChI=1S/C21H20N2O3/c1-14-10-11-17(19(24)12-14)21(26)23(2)13-20(25)22-18-9-5-7-15-6-3-4-8-16(15)18/h3-12,24H,13H2,1-2H3,(H,22,25). The predicted molar refractivity (Wildman–Crippen MR) is 102 cm³/mol. The molecule has 2 amide bonds. The first-order chi connectivity index (χ1) is 12.5. The van der Waals surface area contributed by atoms with Gasteiger partial charge in [0.25, 0.3) is 5.91 Å². The lowest BCUT2D eigenvalue weighted by Crippen LogP contribution is -2.35. The molecular formula is C21H20N2O3. The first kappa shape index (κ1) is 17.5. The zero-order valence-electron chi connectivity index (χ0n) is 14.7. The van der Waals surface area contributed by atoms with Gasteiger partial charge in [0.15, 0.2) is 0 Å². The van der Waals surface area contributed by atoms with Gasteiger partial charge in [-0.2, -0.15) is 0 Å². The maximum absolute atomic E-state index is 12.5. The number of aryl methyl sites for hydroxylation is 1. The molecule has 0 atom stereocenters. The molecule has 0 aliphatic heterocycles. The van der Waals surface area contributed by atoms with Crippen molar-refractivity contribution in [3.05, 3.63) is 71.8 Å². The average molecular weight is 348 g/mol. The van der Waals surface area contributed by atoms with Crippen LogP contribution in [0.2, 0.25) is 0 Å². The predicted octanol–water partition coefficient (Wildman–Crippen LogP) is 3.56. The van der Waals surface area contributed by atoms with Crippen molar-refractivity contribution in [2.24, 2.45) is 0 Å². The third kappa shape index (κ3) is 3.67. The Bertz CT molecular complexity index is 977. The lowest BCUT2D eigenvalue weighted by atomic mass is 10.1. The van der Waals surface area contributed by atoms with Crippen LogP contribution in [-0.2, 0) is 4.79 Å². The summed E-state index contributed by atoms with van der Waals surface area (Å²) in [4.78, 5) is 26.1. The number of hydrogen-bond acceptors (Lipinski definition) is 3. The number of anilines is 1. The van der Waals surface area contributed by atoms with Gasteiger partial charge in [-0.3, -0.25) is 9.59 Å². The highest BCUT2D eigenvalue weighted by atomic mass is 16.3. The van der Waals surface area contributed by atoms with Gasteiger partial charge < -0.3 is 15.3 Å². The fourth-order valence-corrected chi connectivity index (χ4v) is 2.84. The van der Waals surface area contributed by atoms with E-state index in [0.717, 1.165) is 16.3 Å². The van der Waals surface area contributed by atoms with Crippen molar-refractivity contribution in [3.63, 3.8) is 0 Å². The number of hydrogen-bond donors (Lipinski definition) is 2. The molecule has 0 spiro atoms. The summed E-state index contributed by atoms with van der Waals surface area (Å²) in [5.41, 5.74) is 1.73. The van der Waals surface area contributed by atoms with Crippen LogP contribution in [0.15, 0.2) is 60.7 Å². The molecule has 2 N–H and O–H groups in total. The average Bonchev–Trinajstić information content (AvgIpc) is 2.61. The van der Waals surface area contributed by atoms with Crippen LogP contribution in [0.5, 0.6) is 5.75 Å². The van der Waals surface area contributed by atoms with Crippen LogP contribution in [-0.4, -0.2) is 35.4 Å². The van der Waals surface area contributed by atoms with E-state index in [9.17, 15) is 14.7 Å². The van der Waals surface area contributed by atoms with Crippen molar-refractivity contribution in [1.29, 1.82) is 0 Å². The summed E-state index contributed by atoms with van der Waals surface area (Å²) in [7, 11) is 1.53. The molecule has 0 unspecified atom stereocenters. The number of carbonyl (C=O) groups is 2. The minimum atomic E-state index is -0.407. The van der Waals surface area contributed by atoms with Crippen LogP contribution in [0.4, 0.5) is 5.69 Å². The second-order valence-corrected chi connectivity index (χ2v) is 6.26. The Labute approximate surface area is 151 Å². The number of nitrogens with zero attached hydrogens (tertiary/aromatic N) is 1. The number of aromatic hydroxyl groups is 1. The molecule has 0 saturated heterocycles. The molecule has 0 bridgehead atoms. The molecule has 0 heterocycles. The molecule has 3 aromatic rings. The summed E-state index contributed by atoms with van der Waals surface area (Å²) in [5, 5.41) is 14.8. The highest BCUT2D eigenvalue weighted by Gasteiger charge is 2.18. The van der Waals surface area contributed by atoms with E-state index in [2.05, 4.69) is 5.32 Å². The van der Waals surface area contributed by atoms with Gasteiger partial charge in [0.2, 0.25) is 5.91 Å². The van der Waals surface area contributed by atoms with Crippen LogP contribution < -0.4 is 5.32 Å². The molecule has 0 radical (unpaired) electrons. The zero-order valence-corrected chi connectivity index (χ0v) is 14.7. The van der Waals surface area contributed by atoms with E-state index < -0.39 is 5.91 Å². The van der Waals surface area contributed by atoms with Gasteiger partial charge in [-0.15, -0.1) is 0 Å². The third-order valence-corrected chi connectivity index (χ3v) is 4.17. The lowest BCUT2D eigenvalue weighted by Gasteiger charge is -2.18. The highest BCUT2D eigenvalue weighted by molar-refractivity contribution is 6.04. The summed E-state index contributed by atoms with van der Waals surface area (Å²) in [6.45, 7) is 1.71. The van der Waals surface area contributed by atoms with Crippen LogP contribution in [0.3, 0.4) is 0 Å². The van der Waals surface area contributed by atoms with Crippen molar-refractivity contribution in [3.8, 4) is 5.75 Å². The van der Waals surface area contributed by atoms with Crippen molar-refractivity contribution < 1.29 is 14.7 Å². The topological polar surface area (TPSA) is 69.6 Å². The Morgan fingerprint density at radius 2 is 1.77 bits per heavy atom. The Morgan fingerprint density at radius 3 is 2.54 bits per heavy atom. The first-order valence-corrected chi connectivity index (χ1v) is 8.28. The first-order valence-electron chi connectivity index (χ1n) is 8.28. The molecular weight excluding hydrogens is 328 g/mol. The number of rotatable bonds is 4. The minimum Gasteiger partial charge on any atom is -0.507 e. The van der Waals surface area contributed by atoms with Crippen molar-refractivity contribution in [2.75, 3.05) is 18.9 Å². The summed E-state index contributed by atoms with van der Waals surface area (Å²) < 4.78 is 0. The number of likely N-dealkylation sites (N-methyl/N-ethyl adjacent to an activating group) is 1. The van der Waals surface area contributed by atoms with E-state index in [1.54, 1.807) is 12.1 Å². The maximum atomic E-state index is 12.5. The Kier molecular flexibility index (Phi) is 4.89.